The molecule has 22 heavy (non-hydrogen) atoms. The molecule has 3 N–H and O–H groups in total. The van der Waals surface area contributed by atoms with Gasteiger partial charge in [0.2, 0.25) is 0 Å². The van der Waals surface area contributed by atoms with Gasteiger partial charge in [0.05, 0.1) is 17.9 Å². The molecule has 1 aliphatic rings. The Morgan fingerprint density at radius 3 is 3.00 bits per heavy atom. The number of nitriles is 1. The van der Waals surface area contributed by atoms with E-state index in [4.69, 9.17) is 5.26 Å². The smallest absolute Gasteiger partial charge is 0.255 e. The molecule has 1 amide bonds. The molecule has 0 spiro atoms. The van der Waals surface area contributed by atoms with Gasteiger partial charge in [0.25, 0.3) is 5.91 Å². The van der Waals surface area contributed by atoms with Gasteiger partial charge in [0, 0.05) is 16.1 Å². The van der Waals surface area contributed by atoms with Crippen molar-refractivity contribution < 1.29 is 9.18 Å². The third-order valence-electron chi connectivity index (χ3n) is 3.12. The van der Waals surface area contributed by atoms with E-state index in [0.29, 0.717) is 17.9 Å². The first-order valence-corrected chi connectivity index (χ1v) is 7.27. The van der Waals surface area contributed by atoms with Gasteiger partial charge in [0.15, 0.2) is 0 Å². The lowest BCUT2D eigenvalue weighted by atomic mass is 10.1. The van der Waals surface area contributed by atoms with Gasteiger partial charge < -0.3 is 10.6 Å². The lowest BCUT2D eigenvalue weighted by molar-refractivity contribution is 0.102. The zero-order valence-electron chi connectivity index (χ0n) is 11.3. The maximum atomic E-state index is 13.3. The van der Waals surface area contributed by atoms with Crippen LogP contribution in [0.15, 0.2) is 41.3 Å². The van der Waals surface area contributed by atoms with Gasteiger partial charge in [-0.1, -0.05) is 0 Å². The second-order valence-corrected chi connectivity index (χ2v) is 5.50. The predicted octanol–water partition coefficient (Wildman–Crippen LogP) is 2.93. The Morgan fingerprint density at radius 2 is 2.18 bits per heavy atom. The van der Waals surface area contributed by atoms with Gasteiger partial charge in [-0.3, -0.25) is 4.79 Å². The highest BCUT2D eigenvalue weighted by atomic mass is 32.2. The molecule has 0 atom stereocenters. The molecule has 1 aliphatic heterocycles. The van der Waals surface area contributed by atoms with E-state index in [1.165, 1.54) is 24.1 Å². The zero-order valence-corrected chi connectivity index (χ0v) is 12.1. The van der Waals surface area contributed by atoms with Gasteiger partial charge in [-0.05, 0) is 48.3 Å². The monoisotopic (exact) mass is 314 g/mol. The third-order valence-corrected chi connectivity index (χ3v) is 3.97. The molecule has 0 radical (unpaired) electrons. The largest absolute Gasteiger partial charge is 0.371 e. The summed E-state index contributed by atoms with van der Waals surface area (Å²) < 4.78 is 16.3. The molecule has 5 nitrogen and oxygen atoms in total. The average molecular weight is 314 g/mol. The molecule has 1 heterocycles. The molecule has 2 aromatic rings. The molecular formula is C15H11FN4OS. The zero-order chi connectivity index (χ0) is 15.5. The first kappa shape index (κ1) is 14.4. The molecule has 3 rings (SSSR count). The Kier molecular flexibility index (Phi) is 3.96. The van der Waals surface area contributed by atoms with Crippen LogP contribution in [0.2, 0.25) is 0 Å². The van der Waals surface area contributed by atoms with Crippen LogP contribution < -0.4 is 15.4 Å². The number of amides is 1. The Morgan fingerprint density at radius 1 is 1.32 bits per heavy atom. The van der Waals surface area contributed by atoms with Crippen LogP contribution in [-0.4, -0.2) is 12.6 Å². The van der Waals surface area contributed by atoms with Crippen molar-refractivity contribution in [2.45, 2.75) is 4.90 Å². The van der Waals surface area contributed by atoms with Crippen molar-refractivity contribution in [1.82, 2.24) is 4.72 Å². The minimum atomic E-state index is -0.608. The van der Waals surface area contributed by atoms with Crippen molar-refractivity contribution in [2.75, 3.05) is 17.3 Å². The Bertz CT molecular complexity index is 788. The van der Waals surface area contributed by atoms with Gasteiger partial charge in [-0.15, -0.1) is 0 Å². The SMILES string of the molecule is N#Cc1cc(NC(=O)c2ccc3c(c2)SNCN3)ccc1F. The number of hydrogen-bond donors (Lipinski definition) is 3. The summed E-state index contributed by atoms with van der Waals surface area (Å²) in [6.45, 7) is 0.662. The van der Waals surface area contributed by atoms with Crippen molar-refractivity contribution in [1.29, 1.82) is 5.26 Å². The van der Waals surface area contributed by atoms with E-state index in [9.17, 15) is 9.18 Å². The predicted molar refractivity (Wildman–Crippen MR) is 83.0 cm³/mol. The topological polar surface area (TPSA) is 77.0 Å². The van der Waals surface area contributed by atoms with Crippen molar-refractivity contribution >= 4 is 29.2 Å². The molecule has 7 heteroatoms. The van der Waals surface area contributed by atoms with Crippen LogP contribution >= 0.6 is 11.9 Å². The fourth-order valence-electron chi connectivity index (χ4n) is 2.03. The van der Waals surface area contributed by atoms with Crippen molar-refractivity contribution in [3.8, 4) is 6.07 Å². The molecule has 110 valence electrons. The molecule has 0 bridgehead atoms. The normalized spacial score (nSPS) is 12.7. The van der Waals surface area contributed by atoms with E-state index < -0.39 is 5.82 Å². The number of nitrogens with zero attached hydrogens (tertiary/aromatic N) is 1. The number of hydrogen-bond acceptors (Lipinski definition) is 5. The Balaban J connectivity index is 1.81. The number of nitrogens with one attached hydrogen (secondary N) is 3. The van der Waals surface area contributed by atoms with E-state index in [0.717, 1.165) is 16.6 Å². The van der Waals surface area contributed by atoms with E-state index in [1.54, 1.807) is 18.2 Å². The van der Waals surface area contributed by atoms with Crippen molar-refractivity contribution in [3.63, 3.8) is 0 Å². The molecule has 0 fully saturated rings. The Hall–Kier alpha value is -2.56. The number of carbonyl (C=O) groups is 1. The summed E-state index contributed by atoms with van der Waals surface area (Å²) >= 11 is 1.45. The molecular weight excluding hydrogens is 303 g/mol. The highest BCUT2D eigenvalue weighted by Gasteiger charge is 2.13. The first-order valence-electron chi connectivity index (χ1n) is 6.46. The van der Waals surface area contributed by atoms with Crippen molar-refractivity contribution in [2.24, 2.45) is 0 Å². The maximum Gasteiger partial charge on any atom is 0.255 e. The summed E-state index contributed by atoms with van der Waals surface area (Å²) in [5, 5.41) is 14.6. The number of halogens is 1. The maximum absolute atomic E-state index is 13.3. The van der Waals surface area contributed by atoms with E-state index >= 15 is 0 Å². The number of benzene rings is 2. The molecule has 0 saturated carbocycles. The summed E-state index contributed by atoms with van der Waals surface area (Å²) in [4.78, 5) is 13.2. The molecule has 0 aliphatic carbocycles. The van der Waals surface area contributed by atoms with Crippen LogP contribution in [0, 0.1) is 17.1 Å². The van der Waals surface area contributed by atoms with Gasteiger partial charge >= 0.3 is 0 Å². The number of carbonyl (C=O) groups excluding carboxylic acids is 1. The number of anilines is 2. The average Bonchev–Trinajstić information content (AvgIpc) is 2.56. The molecule has 2 aromatic carbocycles. The van der Waals surface area contributed by atoms with Gasteiger partial charge in [-0.25, -0.2) is 9.11 Å². The van der Waals surface area contributed by atoms with E-state index in [1.807, 2.05) is 6.07 Å². The second kappa shape index (κ2) is 6.05. The fraction of sp³-hybridized carbons (Fsp3) is 0.0667. The fourth-order valence-corrected chi connectivity index (χ4v) is 2.77. The Labute approximate surface area is 130 Å². The highest BCUT2D eigenvalue weighted by molar-refractivity contribution is 7.97. The van der Waals surface area contributed by atoms with Crippen LogP contribution in [0.4, 0.5) is 15.8 Å². The third kappa shape index (κ3) is 2.88. The van der Waals surface area contributed by atoms with E-state index in [-0.39, 0.29) is 11.5 Å². The molecule has 0 saturated heterocycles. The minimum Gasteiger partial charge on any atom is -0.371 e. The van der Waals surface area contributed by atoms with Crippen LogP contribution in [0.5, 0.6) is 0 Å². The van der Waals surface area contributed by atoms with Crippen LogP contribution in [0.1, 0.15) is 15.9 Å². The number of fused-ring (bicyclic) bond motifs is 1. The second-order valence-electron chi connectivity index (χ2n) is 4.57. The van der Waals surface area contributed by atoms with Crippen LogP contribution in [-0.2, 0) is 0 Å². The molecule has 0 unspecified atom stereocenters. The van der Waals surface area contributed by atoms with Crippen molar-refractivity contribution in [3.05, 3.63) is 53.3 Å². The first-order chi connectivity index (χ1) is 10.7. The lowest BCUT2D eigenvalue weighted by Crippen LogP contribution is -2.21. The van der Waals surface area contributed by atoms with Crippen LogP contribution in [0.3, 0.4) is 0 Å². The number of rotatable bonds is 2. The van der Waals surface area contributed by atoms with Gasteiger partial charge in [0.1, 0.15) is 11.9 Å². The summed E-state index contributed by atoms with van der Waals surface area (Å²) in [7, 11) is 0. The quantitative estimate of drug-likeness (QED) is 0.743. The standard InChI is InChI=1S/C15H11FN4OS/c16-12-3-2-11(5-10(12)7-17)20-15(21)9-1-4-13-14(6-9)22-19-8-18-13/h1-6,18-19H,8H2,(H,20,21). The van der Waals surface area contributed by atoms with Crippen LogP contribution in [0.25, 0.3) is 0 Å². The van der Waals surface area contributed by atoms with Gasteiger partial charge in [-0.2, -0.15) is 5.26 Å². The summed E-state index contributed by atoms with van der Waals surface area (Å²) in [5.74, 6) is -0.924. The summed E-state index contributed by atoms with van der Waals surface area (Å²) in [6, 6.07) is 10.9. The highest BCUT2D eigenvalue weighted by Crippen LogP contribution is 2.29. The lowest BCUT2D eigenvalue weighted by Gasteiger charge is -2.18. The molecule has 0 aromatic heterocycles. The van der Waals surface area contributed by atoms with E-state index in [2.05, 4.69) is 15.4 Å². The summed E-state index contributed by atoms with van der Waals surface area (Å²) in [6.07, 6.45) is 0. The minimum absolute atomic E-state index is 0.104. The summed E-state index contributed by atoms with van der Waals surface area (Å²) in [5.41, 5.74) is 1.73.